The van der Waals surface area contributed by atoms with E-state index in [1.54, 1.807) is 37.3 Å². The van der Waals surface area contributed by atoms with E-state index in [0.29, 0.717) is 12.2 Å². The van der Waals surface area contributed by atoms with Crippen LogP contribution < -0.4 is 22.1 Å². The SMILES string of the molecule is CCOCCn1c(=O)[nH]c2c(=O)n(CC(=O)NC(C(C)C)C(O)C(F)(F)F)c(-c3ccccc3)cc2c1=O. The molecule has 0 aliphatic heterocycles. The van der Waals surface area contributed by atoms with Gasteiger partial charge in [0.1, 0.15) is 12.1 Å². The number of amides is 1. The van der Waals surface area contributed by atoms with Crippen LogP contribution >= 0.6 is 0 Å². The molecule has 0 saturated heterocycles. The highest BCUT2D eigenvalue weighted by atomic mass is 19.4. The summed E-state index contributed by atoms with van der Waals surface area (Å²) in [7, 11) is 0. The van der Waals surface area contributed by atoms with Gasteiger partial charge in [0.25, 0.3) is 11.1 Å². The molecule has 206 valence electrons. The summed E-state index contributed by atoms with van der Waals surface area (Å²) in [5.41, 5.74) is -2.24. The number of hydrogen-bond acceptors (Lipinski definition) is 6. The van der Waals surface area contributed by atoms with Gasteiger partial charge in [-0.1, -0.05) is 44.2 Å². The van der Waals surface area contributed by atoms with Gasteiger partial charge in [-0.15, -0.1) is 0 Å². The molecule has 2 atom stereocenters. The topological polar surface area (TPSA) is 135 Å². The molecule has 2 heterocycles. The molecule has 0 bridgehead atoms. The first-order valence-electron chi connectivity index (χ1n) is 11.9. The van der Waals surface area contributed by atoms with Crippen molar-refractivity contribution in [2.45, 2.75) is 52.2 Å². The van der Waals surface area contributed by atoms with E-state index in [1.165, 1.54) is 19.9 Å². The van der Waals surface area contributed by atoms with Gasteiger partial charge >= 0.3 is 11.9 Å². The lowest BCUT2D eigenvalue weighted by Gasteiger charge is -2.29. The van der Waals surface area contributed by atoms with Crippen molar-refractivity contribution in [3.63, 3.8) is 0 Å². The zero-order chi connectivity index (χ0) is 28.2. The number of nitrogens with one attached hydrogen (secondary N) is 2. The van der Waals surface area contributed by atoms with Crippen molar-refractivity contribution in [1.82, 2.24) is 19.4 Å². The molecule has 2 unspecified atom stereocenters. The van der Waals surface area contributed by atoms with Gasteiger partial charge in [0.15, 0.2) is 6.10 Å². The molecule has 38 heavy (non-hydrogen) atoms. The van der Waals surface area contributed by atoms with Crippen molar-refractivity contribution < 1.29 is 27.8 Å². The number of aliphatic hydroxyl groups excluding tert-OH is 1. The van der Waals surface area contributed by atoms with Crippen LogP contribution in [0.4, 0.5) is 13.2 Å². The minimum absolute atomic E-state index is 0.0533. The number of aliphatic hydroxyl groups is 1. The maximum Gasteiger partial charge on any atom is 0.416 e. The summed E-state index contributed by atoms with van der Waals surface area (Å²) < 4.78 is 46.5. The second kappa shape index (κ2) is 11.8. The molecule has 0 aliphatic rings. The van der Waals surface area contributed by atoms with Crippen LogP contribution in [0.3, 0.4) is 0 Å². The largest absolute Gasteiger partial charge is 0.416 e. The number of rotatable bonds is 10. The highest BCUT2D eigenvalue weighted by molar-refractivity contribution is 5.83. The number of ether oxygens (including phenoxy) is 1. The monoisotopic (exact) mass is 538 g/mol. The zero-order valence-corrected chi connectivity index (χ0v) is 21.0. The Morgan fingerprint density at radius 2 is 1.76 bits per heavy atom. The van der Waals surface area contributed by atoms with E-state index < -0.39 is 53.5 Å². The molecule has 0 spiro atoms. The highest BCUT2D eigenvalue weighted by Crippen LogP contribution is 2.26. The van der Waals surface area contributed by atoms with Crippen LogP contribution in [-0.2, 0) is 22.6 Å². The van der Waals surface area contributed by atoms with Gasteiger partial charge < -0.3 is 20.1 Å². The standard InChI is InChI=1S/C25H29F3N4O6/c1-4-38-11-10-31-22(35)16-12-17(15-8-6-5-7-9-15)32(23(36)20(16)30-24(31)37)13-18(33)29-19(14(2)3)21(34)25(26,27)28/h5-9,12,14,19,21,34H,4,10-11,13H2,1-3H3,(H,29,33)(H,30,37). The number of carbonyl (C=O) groups is 1. The molecule has 3 rings (SSSR count). The third kappa shape index (κ3) is 6.22. The zero-order valence-electron chi connectivity index (χ0n) is 21.0. The predicted octanol–water partition coefficient (Wildman–Crippen LogP) is 1.62. The summed E-state index contributed by atoms with van der Waals surface area (Å²) in [5, 5.41) is 11.8. The minimum Gasteiger partial charge on any atom is -0.382 e. The first-order chi connectivity index (χ1) is 17.9. The molecule has 0 radical (unpaired) electrons. The van der Waals surface area contributed by atoms with Crippen molar-refractivity contribution in [2.75, 3.05) is 13.2 Å². The number of benzene rings is 1. The normalized spacial score (nSPS) is 13.6. The van der Waals surface area contributed by atoms with Crippen LogP contribution in [0.1, 0.15) is 20.8 Å². The Hall–Kier alpha value is -3.71. The number of halogens is 3. The van der Waals surface area contributed by atoms with E-state index in [1.807, 2.05) is 0 Å². The van der Waals surface area contributed by atoms with Crippen LogP contribution in [0.2, 0.25) is 0 Å². The maximum absolute atomic E-state index is 13.5. The summed E-state index contributed by atoms with van der Waals surface area (Å²) >= 11 is 0. The molecular weight excluding hydrogens is 509 g/mol. The lowest BCUT2D eigenvalue weighted by molar-refractivity contribution is -0.215. The summed E-state index contributed by atoms with van der Waals surface area (Å²) in [4.78, 5) is 54.4. The number of pyridine rings is 1. The van der Waals surface area contributed by atoms with Gasteiger partial charge in [-0.05, 0) is 24.5 Å². The summed E-state index contributed by atoms with van der Waals surface area (Å²) in [5.74, 6) is -1.76. The second-order valence-corrected chi connectivity index (χ2v) is 8.98. The number of hydrogen-bond donors (Lipinski definition) is 3. The fourth-order valence-electron chi connectivity index (χ4n) is 4.05. The Labute approximate surface area is 214 Å². The van der Waals surface area contributed by atoms with Crippen LogP contribution in [0.5, 0.6) is 0 Å². The van der Waals surface area contributed by atoms with Gasteiger partial charge in [-0.25, -0.2) is 4.79 Å². The Balaban J connectivity index is 2.13. The van der Waals surface area contributed by atoms with E-state index in [4.69, 9.17) is 4.74 Å². The van der Waals surface area contributed by atoms with Crippen LogP contribution in [0.25, 0.3) is 22.2 Å². The Bertz CT molecular complexity index is 1460. The average molecular weight is 539 g/mol. The average Bonchev–Trinajstić information content (AvgIpc) is 2.86. The van der Waals surface area contributed by atoms with E-state index in [2.05, 4.69) is 10.3 Å². The number of aromatic amines is 1. The van der Waals surface area contributed by atoms with E-state index >= 15 is 0 Å². The Morgan fingerprint density at radius 1 is 1.11 bits per heavy atom. The number of nitrogens with zero attached hydrogens (tertiary/aromatic N) is 2. The number of carbonyl (C=O) groups excluding carboxylic acids is 1. The predicted molar refractivity (Wildman–Crippen MR) is 134 cm³/mol. The van der Waals surface area contributed by atoms with Crippen LogP contribution in [0, 0.1) is 5.92 Å². The lowest BCUT2D eigenvalue weighted by Crippen LogP contribution is -2.53. The highest BCUT2D eigenvalue weighted by Gasteiger charge is 2.45. The molecule has 3 aromatic rings. The molecule has 0 aliphatic carbocycles. The molecule has 0 saturated carbocycles. The fraction of sp³-hybridized carbons (Fsp3) is 0.440. The molecule has 13 heteroatoms. The quantitative estimate of drug-likeness (QED) is 0.336. The number of fused-ring (bicyclic) bond motifs is 1. The molecule has 1 amide bonds. The van der Waals surface area contributed by atoms with E-state index in [-0.39, 0.29) is 29.7 Å². The first-order valence-corrected chi connectivity index (χ1v) is 11.9. The van der Waals surface area contributed by atoms with Crippen molar-refractivity contribution in [3.8, 4) is 11.3 Å². The van der Waals surface area contributed by atoms with Crippen molar-refractivity contribution in [3.05, 3.63) is 67.6 Å². The fourth-order valence-corrected chi connectivity index (χ4v) is 4.05. The molecular formula is C25H29F3N4O6. The van der Waals surface area contributed by atoms with Gasteiger partial charge in [-0.3, -0.25) is 23.5 Å². The molecule has 0 fully saturated rings. The molecule has 3 N–H and O–H groups in total. The van der Waals surface area contributed by atoms with Gasteiger partial charge in [0.2, 0.25) is 5.91 Å². The number of H-pyrrole nitrogens is 1. The van der Waals surface area contributed by atoms with Gasteiger partial charge in [0, 0.05) is 6.61 Å². The summed E-state index contributed by atoms with van der Waals surface area (Å²) in [6.07, 6.45) is -7.79. The van der Waals surface area contributed by atoms with Crippen molar-refractivity contribution in [1.29, 1.82) is 0 Å². The summed E-state index contributed by atoms with van der Waals surface area (Å²) in [6.45, 7) is 4.24. The third-order valence-corrected chi connectivity index (χ3v) is 6.01. The Kier molecular flexibility index (Phi) is 8.94. The lowest BCUT2D eigenvalue weighted by atomic mass is 9.98. The number of aromatic nitrogens is 3. The van der Waals surface area contributed by atoms with Crippen molar-refractivity contribution in [2.24, 2.45) is 5.92 Å². The van der Waals surface area contributed by atoms with E-state index in [0.717, 1.165) is 9.13 Å². The maximum atomic E-state index is 13.5. The van der Waals surface area contributed by atoms with E-state index in [9.17, 15) is 37.5 Å². The second-order valence-electron chi connectivity index (χ2n) is 8.98. The van der Waals surface area contributed by atoms with Crippen LogP contribution in [-0.4, -0.2) is 56.7 Å². The minimum atomic E-state index is -4.97. The van der Waals surface area contributed by atoms with Crippen LogP contribution in [0.15, 0.2) is 50.8 Å². The smallest absolute Gasteiger partial charge is 0.382 e. The number of alkyl halides is 3. The first kappa shape index (κ1) is 28.9. The summed E-state index contributed by atoms with van der Waals surface area (Å²) in [6, 6.07) is 7.96. The Morgan fingerprint density at radius 3 is 2.34 bits per heavy atom. The molecule has 1 aromatic carbocycles. The third-order valence-electron chi connectivity index (χ3n) is 6.01. The van der Waals surface area contributed by atoms with Crippen molar-refractivity contribution >= 4 is 16.8 Å². The molecule has 10 nitrogen and oxygen atoms in total. The van der Waals surface area contributed by atoms with Gasteiger partial charge in [-0.2, -0.15) is 13.2 Å². The molecule has 2 aromatic heterocycles. The van der Waals surface area contributed by atoms with Gasteiger partial charge in [0.05, 0.1) is 30.3 Å².